The normalized spacial score (nSPS) is 34.1. The highest BCUT2D eigenvalue weighted by Gasteiger charge is 2.33. The first-order valence-corrected chi connectivity index (χ1v) is 7.65. The maximum absolute atomic E-state index is 3.75. The summed E-state index contributed by atoms with van der Waals surface area (Å²) >= 11 is 0. The van der Waals surface area contributed by atoms with Crippen LogP contribution in [0.4, 0.5) is 0 Å². The molecule has 2 atom stereocenters. The number of nitrogens with zero attached hydrogens (tertiary/aromatic N) is 1. The van der Waals surface area contributed by atoms with E-state index in [2.05, 4.69) is 31.0 Å². The molecule has 1 heterocycles. The Bertz CT molecular complexity index is 235. The van der Waals surface area contributed by atoms with E-state index in [0.29, 0.717) is 5.54 Å². The fourth-order valence-corrected chi connectivity index (χ4v) is 3.78. The molecule has 1 N–H and O–H groups in total. The largest absolute Gasteiger partial charge is 0.309 e. The summed E-state index contributed by atoms with van der Waals surface area (Å²) in [5.41, 5.74) is 0.405. The van der Waals surface area contributed by atoms with Crippen LogP contribution in [0, 0.1) is 11.8 Å². The molecule has 0 bridgehead atoms. The summed E-state index contributed by atoms with van der Waals surface area (Å²) in [5, 5.41) is 3.75. The molecule has 0 aromatic rings. The highest BCUT2D eigenvalue weighted by atomic mass is 15.2. The van der Waals surface area contributed by atoms with Crippen LogP contribution in [0.1, 0.15) is 52.9 Å². The molecule has 1 saturated heterocycles. The highest BCUT2D eigenvalue weighted by Crippen LogP contribution is 2.31. The van der Waals surface area contributed by atoms with Gasteiger partial charge in [-0.15, -0.1) is 0 Å². The van der Waals surface area contributed by atoms with Gasteiger partial charge in [0.2, 0.25) is 0 Å². The van der Waals surface area contributed by atoms with Crippen LogP contribution in [0.2, 0.25) is 0 Å². The molecule has 2 fully saturated rings. The molecule has 0 amide bonds. The summed E-state index contributed by atoms with van der Waals surface area (Å²) in [6, 6.07) is 0. The first kappa shape index (κ1) is 13.4. The Balaban J connectivity index is 1.85. The Labute approximate surface area is 107 Å². The lowest BCUT2D eigenvalue weighted by Gasteiger charge is -2.44. The van der Waals surface area contributed by atoms with Crippen LogP contribution in [0.3, 0.4) is 0 Å². The summed E-state index contributed by atoms with van der Waals surface area (Å²) < 4.78 is 0. The van der Waals surface area contributed by atoms with E-state index >= 15 is 0 Å². The zero-order valence-electron chi connectivity index (χ0n) is 12.0. The topological polar surface area (TPSA) is 15.3 Å². The van der Waals surface area contributed by atoms with Gasteiger partial charge in [-0.1, -0.05) is 27.2 Å². The number of nitrogens with one attached hydrogen (secondary N) is 1. The molecule has 100 valence electrons. The monoisotopic (exact) mass is 238 g/mol. The van der Waals surface area contributed by atoms with Gasteiger partial charge in [0.25, 0.3) is 0 Å². The second kappa shape index (κ2) is 5.71. The third-order valence-corrected chi connectivity index (χ3v) is 5.13. The summed E-state index contributed by atoms with van der Waals surface area (Å²) in [4.78, 5) is 2.73. The third kappa shape index (κ3) is 3.23. The Hall–Kier alpha value is -0.0800. The van der Waals surface area contributed by atoms with Crippen LogP contribution in [-0.4, -0.2) is 36.6 Å². The van der Waals surface area contributed by atoms with Gasteiger partial charge in [-0.2, -0.15) is 0 Å². The molecule has 2 aliphatic rings. The van der Waals surface area contributed by atoms with E-state index in [-0.39, 0.29) is 0 Å². The second-order valence-electron chi connectivity index (χ2n) is 6.43. The van der Waals surface area contributed by atoms with Crippen LogP contribution < -0.4 is 5.32 Å². The first-order chi connectivity index (χ1) is 8.17. The number of hydrogen-bond donors (Lipinski definition) is 1. The average Bonchev–Trinajstić information content (AvgIpc) is 2.75. The first-order valence-electron chi connectivity index (χ1n) is 7.65. The SMILES string of the molecule is CCC1(CC)CN(CC2CCC(C)C2)CCN1. The molecule has 1 aliphatic heterocycles. The Morgan fingerprint density at radius 3 is 2.59 bits per heavy atom. The van der Waals surface area contributed by atoms with Crippen LogP contribution >= 0.6 is 0 Å². The molecule has 1 aliphatic carbocycles. The molecule has 0 radical (unpaired) electrons. The van der Waals surface area contributed by atoms with Crippen molar-refractivity contribution in [3.05, 3.63) is 0 Å². The predicted octanol–water partition coefficient (Wildman–Crippen LogP) is 2.89. The van der Waals surface area contributed by atoms with Gasteiger partial charge < -0.3 is 5.32 Å². The van der Waals surface area contributed by atoms with Gasteiger partial charge >= 0.3 is 0 Å². The number of rotatable bonds is 4. The summed E-state index contributed by atoms with van der Waals surface area (Å²) in [7, 11) is 0. The lowest BCUT2D eigenvalue weighted by Crippen LogP contribution is -2.60. The van der Waals surface area contributed by atoms with Crippen LogP contribution in [0.5, 0.6) is 0 Å². The van der Waals surface area contributed by atoms with Crippen molar-refractivity contribution in [1.82, 2.24) is 10.2 Å². The van der Waals surface area contributed by atoms with Gasteiger partial charge in [0.05, 0.1) is 0 Å². The Morgan fingerprint density at radius 1 is 1.24 bits per heavy atom. The smallest absolute Gasteiger partial charge is 0.0304 e. The van der Waals surface area contributed by atoms with Gasteiger partial charge in [-0.3, -0.25) is 4.90 Å². The standard InChI is InChI=1S/C15H30N2/c1-4-15(5-2)12-17(9-8-16-15)11-14-7-6-13(3)10-14/h13-14,16H,4-12H2,1-3H3. The highest BCUT2D eigenvalue weighted by molar-refractivity contribution is 4.93. The zero-order valence-corrected chi connectivity index (χ0v) is 12.0. The van der Waals surface area contributed by atoms with Gasteiger partial charge in [0.15, 0.2) is 0 Å². The molecule has 0 spiro atoms. The van der Waals surface area contributed by atoms with Crippen LogP contribution in [0.25, 0.3) is 0 Å². The molecular formula is C15H30N2. The second-order valence-corrected chi connectivity index (χ2v) is 6.43. The Kier molecular flexibility index (Phi) is 4.48. The van der Waals surface area contributed by atoms with Crippen molar-refractivity contribution in [1.29, 1.82) is 0 Å². The Morgan fingerprint density at radius 2 is 2.00 bits per heavy atom. The molecule has 2 nitrogen and oxygen atoms in total. The van der Waals surface area contributed by atoms with Gasteiger partial charge in [-0.05, 0) is 37.5 Å². The fraction of sp³-hybridized carbons (Fsp3) is 1.00. The van der Waals surface area contributed by atoms with Gasteiger partial charge in [-0.25, -0.2) is 0 Å². The number of hydrogen-bond acceptors (Lipinski definition) is 2. The van der Waals surface area contributed by atoms with Crippen molar-refractivity contribution in [3.8, 4) is 0 Å². The molecule has 2 unspecified atom stereocenters. The van der Waals surface area contributed by atoms with Crippen LogP contribution in [-0.2, 0) is 0 Å². The van der Waals surface area contributed by atoms with E-state index in [9.17, 15) is 0 Å². The minimum atomic E-state index is 0.405. The van der Waals surface area contributed by atoms with E-state index in [1.807, 2.05) is 0 Å². The lowest BCUT2D eigenvalue weighted by molar-refractivity contribution is 0.108. The van der Waals surface area contributed by atoms with Crippen molar-refractivity contribution in [3.63, 3.8) is 0 Å². The maximum atomic E-state index is 3.75. The van der Waals surface area contributed by atoms with E-state index in [4.69, 9.17) is 0 Å². The minimum absolute atomic E-state index is 0.405. The molecule has 0 aromatic heterocycles. The molecule has 2 rings (SSSR count). The maximum Gasteiger partial charge on any atom is 0.0304 e. The van der Waals surface area contributed by atoms with Crippen molar-refractivity contribution in [2.75, 3.05) is 26.2 Å². The van der Waals surface area contributed by atoms with E-state index in [0.717, 1.165) is 11.8 Å². The quantitative estimate of drug-likeness (QED) is 0.810. The fourth-order valence-electron chi connectivity index (χ4n) is 3.78. The zero-order chi connectivity index (χ0) is 12.3. The van der Waals surface area contributed by atoms with E-state index in [1.54, 1.807) is 0 Å². The van der Waals surface area contributed by atoms with E-state index < -0.39 is 0 Å². The molecular weight excluding hydrogens is 208 g/mol. The molecule has 17 heavy (non-hydrogen) atoms. The predicted molar refractivity (Wildman–Crippen MR) is 74.3 cm³/mol. The molecule has 1 saturated carbocycles. The summed E-state index contributed by atoms with van der Waals surface area (Å²) in [6.07, 6.45) is 6.93. The van der Waals surface area contributed by atoms with Crippen molar-refractivity contribution < 1.29 is 0 Å². The third-order valence-electron chi connectivity index (χ3n) is 5.13. The van der Waals surface area contributed by atoms with E-state index in [1.165, 1.54) is 58.3 Å². The summed E-state index contributed by atoms with van der Waals surface area (Å²) in [5.74, 6) is 1.96. The summed E-state index contributed by atoms with van der Waals surface area (Å²) in [6.45, 7) is 12.1. The molecule has 0 aromatic carbocycles. The molecule has 2 heteroatoms. The average molecular weight is 238 g/mol. The number of piperazine rings is 1. The van der Waals surface area contributed by atoms with Crippen molar-refractivity contribution in [2.24, 2.45) is 11.8 Å². The van der Waals surface area contributed by atoms with Crippen molar-refractivity contribution in [2.45, 2.75) is 58.4 Å². The van der Waals surface area contributed by atoms with Gasteiger partial charge in [0, 0.05) is 31.7 Å². The van der Waals surface area contributed by atoms with Crippen LogP contribution in [0.15, 0.2) is 0 Å². The van der Waals surface area contributed by atoms with Gasteiger partial charge in [0.1, 0.15) is 0 Å². The lowest BCUT2D eigenvalue weighted by atomic mass is 9.89. The van der Waals surface area contributed by atoms with Crippen molar-refractivity contribution >= 4 is 0 Å². The minimum Gasteiger partial charge on any atom is -0.309 e.